The zero-order chi connectivity index (χ0) is 11.3. The summed E-state index contributed by atoms with van der Waals surface area (Å²) in [7, 11) is 0. The van der Waals surface area contributed by atoms with Crippen molar-refractivity contribution in [1.82, 2.24) is 3.54 Å². The van der Waals surface area contributed by atoms with Gasteiger partial charge in [-0.2, -0.15) is 0 Å². The first-order valence-electron chi connectivity index (χ1n) is 5.09. The van der Waals surface area contributed by atoms with Crippen LogP contribution in [0, 0.1) is 0 Å². The monoisotopic (exact) mass is 313 g/mol. The van der Waals surface area contributed by atoms with E-state index in [1.807, 2.05) is 18.2 Å². The summed E-state index contributed by atoms with van der Waals surface area (Å²) in [6.07, 6.45) is 0. The van der Waals surface area contributed by atoms with E-state index in [9.17, 15) is 0 Å². The Labute approximate surface area is 96.0 Å². The molecule has 3 nitrogen and oxygen atoms in total. The number of rotatable bonds is 3. The molecule has 0 aliphatic heterocycles. The van der Waals surface area contributed by atoms with E-state index in [2.05, 4.69) is 35.5 Å². The van der Waals surface area contributed by atoms with Gasteiger partial charge in [-0.05, 0) is 0 Å². The van der Waals surface area contributed by atoms with E-state index < -0.39 is 18.7 Å². The quantitative estimate of drug-likeness (QED) is 0.509. The number of nitrogens with two attached hydrogens (primary N) is 1. The van der Waals surface area contributed by atoms with Gasteiger partial charge in [-0.15, -0.1) is 0 Å². The fraction of sp³-hybridized carbons (Fsp3) is 0.364. The van der Waals surface area contributed by atoms with Crippen molar-refractivity contribution in [3.05, 3.63) is 35.9 Å². The van der Waals surface area contributed by atoms with Gasteiger partial charge in [-0.25, -0.2) is 0 Å². The van der Waals surface area contributed by atoms with Gasteiger partial charge in [-0.3, -0.25) is 0 Å². The van der Waals surface area contributed by atoms with Crippen LogP contribution in [0.25, 0.3) is 0 Å². The van der Waals surface area contributed by atoms with Gasteiger partial charge in [0.05, 0.1) is 0 Å². The van der Waals surface area contributed by atoms with Gasteiger partial charge in [0.1, 0.15) is 0 Å². The van der Waals surface area contributed by atoms with Crippen molar-refractivity contribution >= 4 is 24.6 Å². The van der Waals surface area contributed by atoms with E-state index >= 15 is 0 Å². The van der Waals surface area contributed by atoms with Crippen LogP contribution in [0.15, 0.2) is 35.3 Å². The topological polar surface area (TPSA) is 50.4 Å². The van der Waals surface area contributed by atoms with Gasteiger partial charge in [0, 0.05) is 0 Å². The first-order chi connectivity index (χ1) is 6.97. The number of guanidine groups is 1. The summed E-state index contributed by atoms with van der Waals surface area (Å²) < 4.78 is 3.33. The summed E-state index contributed by atoms with van der Waals surface area (Å²) in [4.78, 5) is 11.1. The van der Waals surface area contributed by atoms with Crippen LogP contribution in [-0.2, 0) is 6.54 Å². The summed E-state index contributed by atoms with van der Waals surface area (Å²) in [5.74, 6) is 0.585. The van der Waals surface area contributed by atoms with E-state index in [4.69, 9.17) is 5.73 Å². The maximum atomic E-state index is 5.80. The maximum absolute atomic E-state index is 5.80. The summed E-state index contributed by atoms with van der Waals surface area (Å²) in [5, 5.41) is 0. The molecule has 0 atom stereocenters. The van der Waals surface area contributed by atoms with Gasteiger partial charge in [0.25, 0.3) is 0 Å². The predicted molar refractivity (Wildman–Crippen MR) is 68.3 cm³/mol. The molecule has 1 aromatic rings. The average molecular weight is 312 g/mol. The van der Waals surface area contributed by atoms with Gasteiger partial charge < -0.3 is 0 Å². The van der Waals surface area contributed by atoms with Crippen LogP contribution in [0.3, 0.4) is 0 Å². The molecule has 3 N–H and O–H groups in total. The van der Waals surface area contributed by atoms with Crippen molar-refractivity contribution in [1.29, 1.82) is 0 Å². The van der Waals surface area contributed by atoms with Gasteiger partial charge in [0.2, 0.25) is 0 Å². The Bertz CT molecular complexity index is 327. The van der Waals surface area contributed by atoms with Gasteiger partial charge in [0.15, 0.2) is 0 Å². The summed E-state index contributed by atoms with van der Waals surface area (Å²) in [6, 6.07) is 10.1. The molecule has 0 unspecified atom stereocenters. The summed E-state index contributed by atoms with van der Waals surface area (Å²) >= 11 is -2.04. The number of hydrogen-bond donors (Lipinski definition) is 2. The molecule has 0 spiro atoms. The molecule has 0 aromatic heterocycles. The molecule has 0 amide bonds. The minimum atomic E-state index is -2.04. The SMILES string of the molecule is [CH3][Sn]([CH3])([CH3])[NH]C(N)=NCc1ccccc1. The molecule has 1 rings (SSSR count). The third kappa shape index (κ3) is 5.67. The average Bonchev–Trinajstić information content (AvgIpc) is 2.14. The minimum absolute atomic E-state index is 0.585. The molecular formula is C11H19N3Sn. The molecule has 4 heteroatoms. The molecule has 0 heterocycles. The van der Waals surface area contributed by atoms with Crippen molar-refractivity contribution in [3.8, 4) is 0 Å². The molecule has 1 aromatic carbocycles. The Morgan fingerprint density at radius 3 is 2.40 bits per heavy atom. The molecule has 0 aliphatic carbocycles. The number of aliphatic imine (C=N–C) groups is 1. The van der Waals surface area contributed by atoms with E-state index in [-0.39, 0.29) is 0 Å². The number of benzene rings is 1. The molecule has 0 bridgehead atoms. The third-order valence-corrected chi connectivity index (χ3v) is 4.65. The second-order valence-electron chi connectivity index (χ2n) is 4.56. The fourth-order valence-electron chi connectivity index (χ4n) is 1.18. The summed E-state index contributed by atoms with van der Waals surface area (Å²) in [5.41, 5.74) is 6.99. The first-order valence-corrected chi connectivity index (χ1v) is 15.1. The Morgan fingerprint density at radius 1 is 1.27 bits per heavy atom. The zero-order valence-corrected chi connectivity index (χ0v) is 12.5. The van der Waals surface area contributed by atoms with E-state index in [0.29, 0.717) is 12.5 Å². The number of nitrogens with zero attached hydrogens (tertiary/aromatic N) is 1. The number of hydrogen-bond acceptors (Lipinski definition) is 1. The first kappa shape index (κ1) is 12.4. The predicted octanol–water partition coefficient (Wildman–Crippen LogP) is 1.93. The zero-order valence-electron chi connectivity index (χ0n) is 9.62. The molecule has 82 valence electrons. The van der Waals surface area contributed by atoms with E-state index in [1.165, 1.54) is 5.56 Å². The molecule has 0 fully saturated rings. The molecule has 0 saturated heterocycles. The molecule has 0 aliphatic rings. The van der Waals surface area contributed by atoms with Crippen LogP contribution < -0.4 is 9.27 Å². The van der Waals surface area contributed by atoms with Crippen molar-refractivity contribution < 1.29 is 0 Å². The van der Waals surface area contributed by atoms with Crippen LogP contribution in [0.4, 0.5) is 0 Å². The Hall–Kier alpha value is -0.711. The van der Waals surface area contributed by atoms with Gasteiger partial charge >= 0.3 is 96.1 Å². The molecular weight excluding hydrogens is 293 g/mol. The normalized spacial score (nSPS) is 12.6. The Kier molecular flexibility index (Phi) is 4.44. The molecule has 0 radical (unpaired) electrons. The van der Waals surface area contributed by atoms with Crippen LogP contribution in [-0.4, -0.2) is 24.6 Å². The van der Waals surface area contributed by atoms with Crippen LogP contribution in [0.5, 0.6) is 0 Å². The van der Waals surface area contributed by atoms with E-state index in [1.54, 1.807) is 0 Å². The van der Waals surface area contributed by atoms with Crippen molar-refractivity contribution in [2.24, 2.45) is 10.7 Å². The Morgan fingerprint density at radius 2 is 1.87 bits per heavy atom. The third-order valence-electron chi connectivity index (χ3n) is 1.78. The second kappa shape index (κ2) is 5.39. The van der Waals surface area contributed by atoms with E-state index in [0.717, 1.165) is 0 Å². The second-order valence-corrected chi connectivity index (χ2v) is 18.1. The van der Waals surface area contributed by atoms with Crippen molar-refractivity contribution in [2.45, 2.75) is 21.4 Å². The molecule has 15 heavy (non-hydrogen) atoms. The summed E-state index contributed by atoms with van der Waals surface area (Å²) in [6.45, 7) is 0.654. The van der Waals surface area contributed by atoms with Crippen LogP contribution in [0.1, 0.15) is 5.56 Å². The Balaban J connectivity index is 2.51. The number of nitrogens with one attached hydrogen (secondary N) is 1. The van der Waals surface area contributed by atoms with Crippen LogP contribution in [0.2, 0.25) is 14.8 Å². The van der Waals surface area contributed by atoms with Crippen molar-refractivity contribution in [2.75, 3.05) is 0 Å². The van der Waals surface area contributed by atoms with Crippen LogP contribution >= 0.6 is 0 Å². The van der Waals surface area contributed by atoms with Gasteiger partial charge in [-0.1, -0.05) is 0 Å². The fourth-order valence-corrected chi connectivity index (χ4v) is 3.60. The van der Waals surface area contributed by atoms with Crippen molar-refractivity contribution in [3.63, 3.8) is 0 Å². The standard InChI is InChI=1S/C8H10N3.3CH3.Sn/c9-8(10)11-6-7-4-2-1-3-5-7;;;;/h1-5H,6H2,(H3-,9,10,11);3*1H3;/q-1;;;;+1. The molecule has 0 saturated carbocycles.